The van der Waals surface area contributed by atoms with E-state index in [1.807, 2.05) is 43.3 Å². The van der Waals surface area contributed by atoms with Gasteiger partial charge in [0.2, 0.25) is 5.91 Å². The number of piperidine rings is 1. The minimum Gasteiger partial charge on any atom is -0.356 e. The van der Waals surface area contributed by atoms with Crippen LogP contribution < -0.4 is 10.2 Å². The van der Waals surface area contributed by atoms with Crippen molar-refractivity contribution in [2.24, 2.45) is 5.92 Å². The summed E-state index contributed by atoms with van der Waals surface area (Å²) in [6, 6.07) is 16.2. The second kappa shape index (κ2) is 7.16. The number of carbonyl (C=O) groups excluding carboxylic acids is 1. The van der Waals surface area contributed by atoms with Gasteiger partial charge in [-0.05, 0) is 42.7 Å². The number of anilines is 2. The largest absolute Gasteiger partial charge is 0.356 e. The molecule has 2 aromatic carbocycles. The summed E-state index contributed by atoms with van der Waals surface area (Å²) >= 11 is 0. The van der Waals surface area contributed by atoms with Crippen LogP contribution in [0.15, 0.2) is 54.9 Å². The molecule has 1 aliphatic heterocycles. The zero-order valence-corrected chi connectivity index (χ0v) is 16.2. The van der Waals surface area contributed by atoms with E-state index < -0.39 is 0 Å². The van der Waals surface area contributed by atoms with Crippen molar-refractivity contribution >= 4 is 34.0 Å². The first kappa shape index (κ1) is 17.6. The highest BCUT2D eigenvalue weighted by Gasteiger charge is 2.27. The van der Waals surface area contributed by atoms with Gasteiger partial charge in [-0.3, -0.25) is 4.79 Å². The molecule has 0 bridgehead atoms. The zero-order valence-electron chi connectivity index (χ0n) is 16.2. The second-order valence-electron chi connectivity index (χ2n) is 7.56. The number of amides is 1. The molecule has 0 radical (unpaired) electrons. The smallest absolute Gasteiger partial charge is 0.254 e. The lowest BCUT2D eigenvalue weighted by Crippen LogP contribution is -2.41. The van der Waals surface area contributed by atoms with Crippen LogP contribution in [0.5, 0.6) is 0 Å². The molecule has 0 unspecified atom stereocenters. The summed E-state index contributed by atoms with van der Waals surface area (Å²) in [7, 11) is 0. The summed E-state index contributed by atoms with van der Waals surface area (Å²) in [6.45, 7) is 3.49. The van der Waals surface area contributed by atoms with Crippen molar-refractivity contribution in [3.05, 3.63) is 60.6 Å². The number of fused-ring (bicyclic) bond motifs is 2. The molecular weight excluding hydrogens is 364 g/mol. The monoisotopic (exact) mass is 386 g/mol. The van der Waals surface area contributed by atoms with Crippen LogP contribution in [-0.4, -0.2) is 38.6 Å². The normalized spacial score (nSPS) is 17.0. The Morgan fingerprint density at radius 2 is 2.00 bits per heavy atom. The number of benzene rings is 2. The fourth-order valence-corrected chi connectivity index (χ4v) is 4.05. The molecule has 7 heteroatoms. The molecule has 1 N–H and O–H groups in total. The third-order valence-electron chi connectivity index (χ3n) is 5.49. The van der Waals surface area contributed by atoms with Gasteiger partial charge in [-0.1, -0.05) is 30.3 Å². The van der Waals surface area contributed by atoms with Crippen LogP contribution in [0.1, 0.15) is 18.5 Å². The fourth-order valence-electron chi connectivity index (χ4n) is 4.05. The Kier molecular flexibility index (Phi) is 4.35. The van der Waals surface area contributed by atoms with Crippen molar-refractivity contribution in [3.8, 4) is 0 Å². The molecule has 146 valence electrons. The predicted molar refractivity (Wildman–Crippen MR) is 113 cm³/mol. The topological polar surface area (TPSA) is 75.4 Å². The number of nitrogens with one attached hydrogen (secondary N) is 1. The minimum absolute atomic E-state index is 0.0607. The van der Waals surface area contributed by atoms with E-state index >= 15 is 0 Å². The van der Waals surface area contributed by atoms with Gasteiger partial charge in [0, 0.05) is 30.5 Å². The number of aromatic nitrogens is 4. The molecule has 1 amide bonds. The molecule has 1 atom stereocenters. The van der Waals surface area contributed by atoms with Crippen LogP contribution in [0.4, 0.5) is 11.5 Å². The molecule has 0 aliphatic carbocycles. The lowest BCUT2D eigenvalue weighted by Gasteiger charge is -2.33. The van der Waals surface area contributed by atoms with E-state index in [1.165, 1.54) is 11.7 Å². The van der Waals surface area contributed by atoms with E-state index in [1.54, 1.807) is 4.52 Å². The first-order valence-electron chi connectivity index (χ1n) is 9.89. The van der Waals surface area contributed by atoms with Gasteiger partial charge >= 0.3 is 0 Å². The second-order valence-corrected chi connectivity index (χ2v) is 7.56. The molecule has 5 rings (SSSR count). The Bertz CT molecular complexity index is 1200. The molecule has 1 aliphatic rings. The van der Waals surface area contributed by atoms with Crippen molar-refractivity contribution in [1.29, 1.82) is 0 Å². The molecule has 3 heterocycles. The van der Waals surface area contributed by atoms with Gasteiger partial charge in [-0.25, -0.2) is 4.98 Å². The highest BCUT2D eigenvalue weighted by molar-refractivity contribution is 5.96. The number of carbonyl (C=O) groups is 1. The fraction of sp³-hybridized carbons (Fsp3) is 0.273. The van der Waals surface area contributed by atoms with Crippen molar-refractivity contribution in [3.63, 3.8) is 0 Å². The van der Waals surface area contributed by atoms with Gasteiger partial charge in [-0.15, -0.1) is 0 Å². The highest BCUT2D eigenvalue weighted by Crippen LogP contribution is 2.25. The minimum atomic E-state index is -0.0812. The summed E-state index contributed by atoms with van der Waals surface area (Å²) in [6.07, 6.45) is 3.34. The SMILES string of the molecule is Cc1cc(N2CCC[C@@H](C(=O)Nc3ccc4ccccc4c3)C2)n2ncnc2n1. The van der Waals surface area contributed by atoms with Crippen LogP contribution in [-0.2, 0) is 4.79 Å². The van der Waals surface area contributed by atoms with Crippen molar-refractivity contribution in [1.82, 2.24) is 19.6 Å². The van der Waals surface area contributed by atoms with Crippen LogP contribution in [0.3, 0.4) is 0 Å². The van der Waals surface area contributed by atoms with Gasteiger partial charge in [-0.2, -0.15) is 14.6 Å². The summed E-state index contributed by atoms with van der Waals surface area (Å²) in [5.41, 5.74) is 1.73. The first-order chi connectivity index (χ1) is 14.2. The number of hydrogen-bond acceptors (Lipinski definition) is 5. The maximum Gasteiger partial charge on any atom is 0.254 e. The van der Waals surface area contributed by atoms with Gasteiger partial charge in [0.1, 0.15) is 12.1 Å². The molecule has 29 heavy (non-hydrogen) atoms. The maximum absolute atomic E-state index is 13.0. The van der Waals surface area contributed by atoms with Gasteiger partial charge in [0.15, 0.2) is 0 Å². The molecule has 2 aromatic heterocycles. The molecule has 7 nitrogen and oxygen atoms in total. The van der Waals surface area contributed by atoms with Crippen LogP contribution in [0.25, 0.3) is 16.6 Å². The summed E-state index contributed by atoms with van der Waals surface area (Å²) in [5, 5.41) is 9.70. The van der Waals surface area contributed by atoms with E-state index in [0.29, 0.717) is 12.3 Å². The van der Waals surface area contributed by atoms with E-state index in [0.717, 1.165) is 42.0 Å². The number of rotatable bonds is 3. The number of aryl methyl sites for hydroxylation is 1. The van der Waals surface area contributed by atoms with Crippen LogP contribution in [0.2, 0.25) is 0 Å². The van der Waals surface area contributed by atoms with Gasteiger partial charge in [0.05, 0.1) is 5.92 Å². The average Bonchev–Trinajstić information content (AvgIpc) is 3.21. The van der Waals surface area contributed by atoms with E-state index in [-0.39, 0.29) is 11.8 Å². The standard InChI is InChI=1S/C22H22N6O/c1-15-11-20(28-22(25-15)23-14-24-28)27-10-4-7-18(13-27)21(29)26-19-9-8-16-5-2-3-6-17(16)12-19/h2-3,5-6,8-9,11-12,14,18H,4,7,10,13H2,1H3,(H,26,29)/t18-/m1/s1. The van der Waals surface area contributed by atoms with Crippen molar-refractivity contribution < 1.29 is 4.79 Å². The summed E-state index contributed by atoms with van der Waals surface area (Å²) in [4.78, 5) is 23.8. The quantitative estimate of drug-likeness (QED) is 0.584. The van der Waals surface area contributed by atoms with E-state index in [4.69, 9.17) is 0 Å². The maximum atomic E-state index is 13.0. The predicted octanol–water partition coefficient (Wildman–Crippen LogP) is 3.44. The number of hydrogen-bond donors (Lipinski definition) is 1. The Hall–Kier alpha value is -3.48. The van der Waals surface area contributed by atoms with E-state index in [2.05, 4.69) is 37.4 Å². The van der Waals surface area contributed by atoms with Gasteiger partial charge < -0.3 is 10.2 Å². The lowest BCUT2D eigenvalue weighted by molar-refractivity contribution is -0.120. The van der Waals surface area contributed by atoms with Crippen molar-refractivity contribution in [2.75, 3.05) is 23.3 Å². The third kappa shape index (κ3) is 3.40. The Morgan fingerprint density at radius 3 is 2.90 bits per heavy atom. The zero-order chi connectivity index (χ0) is 19.8. The summed E-state index contributed by atoms with van der Waals surface area (Å²) < 4.78 is 1.75. The molecule has 0 saturated carbocycles. The Morgan fingerprint density at radius 1 is 1.14 bits per heavy atom. The summed E-state index contributed by atoms with van der Waals surface area (Å²) in [5.74, 6) is 1.50. The highest BCUT2D eigenvalue weighted by atomic mass is 16.1. The molecular formula is C22H22N6O. The average molecular weight is 386 g/mol. The molecule has 0 spiro atoms. The molecule has 1 fully saturated rings. The van der Waals surface area contributed by atoms with Crippen LogP contribution >= 0.6 is 0 Å². The third-order valence-corrected chi connectivity index (χ3v) is 5.49. The molecule has 1 saturated heterocycles. The van der Waals surface area contributed by atoms with E-state index in [9.17, 15) is 4.79 Å². The van der Waals surface area contributed by atoms with Crippen LogP contribution in [0, 0.1) is 12.8 Å². The van der Waals surface area contributed by atoms with Crippen molar-refractivity contribution in [2.45, 2.75) is 19.8 Å². The lowest BCUT2D eigenvalue weighted by atomic mass is 9.97. The Balaban J connectivity index is 1.35. The van der Waals surface area contributed by atoms with Gasteiger partial charge in [0.25, 0.3) is 5.78 Å². The molecule has 4 aromatic rings. The first-order valence-corrected chi connectivity index (χ1v) is 9.89. The number of nitrogens with zero attached hydrogens (tertiary/aromatic N) is 5. The Labute approximate surface area is 168 Å².